The standard InChI is InChI=1S/C13H11BrClN3O/c14-10-3-2-8(6-11(10)15)18-12-4-1-7(16)5-9(12)13(17)19/h1-6,18H,16H2,(H2,17,19). The maximum Gasteiger partial charge on any atom is 0.250 e. The normalized spacial score (nSPS) is 10.2. The van der Waals surface area contributed by atoms with E-state index in [9.17, 15) is 4.79 Å². The molecule has 0 aliphatic carbocycles. The molecule has 98 valence electrons. The second kappa shape index (κ2) is 5.50. The Hall–Kier alpha value is -1.72. The molecule has 19 heavy (non-hydrogen) atoms. The molecule has 0 unspecified atom stereocenters. The van der Waals surface area contributed by atoms with Gasteiger partial charge in [-0.1, -0.05) is 11.6 Å². The lowest BCUT2D eigenvalue weighted by Gasteiger charge is -2.11. The second-order valence-corrected chi connectivity index (χ2v) is 5.18. The molecule has 4 nitrogen and oxygen atoms in total. The van der Waals surface area contributed by atoms with Gasteiger partial charge in [0.2, 0.25) is 0 Å². The lowest BCUT2D eigenvalue weighted by molar-refractivity contribution is 0.100. The molecule has 0 aliphatic heterocycles. The number of carbonyl (C=O) groups excluding carboxylic acids is 1. The van der Waals surface area contributed by atoms with Gasteiger partial charge in [-0.2, -0.15) is 0 Å². The minimum absolute atomic E-state index is 0.332. The van der Waals surface area contributed by atoms with E-state index in [1.165, 1.54) is 6.07 Å². The molecule has 2 aromatic rings. The first-order valence-electron chi connectivity index (χ1n) is 5.39. The van der Waals surface area contributed by atoms with Crippen molar-refractivity contribution >= 4 is 50.5 Å². The topological polar surface area (TPSA) is 81.1 Å². The summed E-state index contributed by atoms with van der Waals surface area (Å²) in [6.07, 6.45) is 0. The number of carbonyl (C=O) groups is 1. The third-order valence-corrected chi connectivity index (χ3v) is 3.74. The molecule has 0 saturated carbocycles. The molecule has 0 aromatic heterocycles. The Balaban J connectivity index is 2.37. The molecule has 6 heteroatoms. The van der Waals surface area contributed by atoms with Crippen molar-refractivity contribution in [2.24, 2.45) is 5.73 Å². The van der Waals surface area contributed by atoms with Crippen molar-refractivity contribution in [3.05, 3.63) is 51.5 Å². The van der Waals surface area contributed by atoms with E-state index in [-0.39, 0.29) is 0 Å². The van der Waals surface area contributed by atoms with Crippen molar-refractivity contribution in [1.29, 1.82) is 0 Å². The van der Waals surface area contributed by atoms with E-state index in [4.69, 9.17) is 23.1 Å². The minimum Gasteiger partial charge on any atom is -0.399 e. The Labute approximate surface area is 123 Å². The van der Waals surface area contributed by atoms with Gasteiger partial charge in [-0.3, -0.25) is 4.79 Å². The van der Waals surface area contributed by atoms with Gasteiger partial charge in [-0.05, 0) is 52.3 Å². The Kier molecular flexibility index (Phi) is 3.97. The van der Waals surface area contributed by atoms with E-state index in [2.05, 4.69) is 21.2 Å². The van der Waals surface area contributed by atoms with Crippen molar-refractivity contribution in [3.63, 3.8) is 0 Å². The van der Waals surface area contributed by atoms with E-state index in [1.807, 2.05) is 12.1 Å². The van der Waals surface area contributed by atoms with Gasteiger partial charge in [0.25, 0.3) is 5.91 Å². The molecule has 0 heterocycles. The number of nitrogens with one attached hydrogen (secondary N) is 1. The molecule has 1 amide bonds. The van der Waals surface area contributed by atoms with Gasteiger partial charge >= 0.3 is 0 Å². The van der Waals surface area contributed by atoms with Gasteiger partial charge in [-0.15, -0.1) is 0 Å². The third-order valence-electron chi connectivity index (χ3n) is 2.51. The highest BCUT2D eigenvalue weighted by atomic mass is 79.9. The average molecular weight is 341 g/mol. The zero-order chi connectivity index (χ0) is 14.0. The van der Waals surface area contributed by atoms with Crippen molar-refractivity contribution in [1.82, 2.24) is 0 Å². The van der Waals surface area contributed by atoms with Crippen LogP contribution in [0.4, 0.5) is 17.1 Å². The summed E-state index contributed by atoms with van der Waals surface area (Å²) in [5, 5.41) is 3.66. The molecule has 0 aliphatic rings. The third kappa shape index (κ3) is 3.19. The monoisotopic (exact) mass is 339 g/mol. The minimum atomic E-state index is -0.544. The van der Waals surface area contributed by atoms with Gasteiger partial charge in [0.1, 0.15) is 0 Å². The van der Waals surface area contributed by atoms with Gasteiger partial charge in [0.15, 0.2) is 0 Å². The first-order chi connectivity index (χ1) is 8.97. The van der Waals surface area contributed by atoms with Crippen LogP contribution in [0.15, 0.2) is 40.9 Å². The molecule has 0 bridgehead atoms. The number of anilines is 3. The van der Waals surface area contributed by atoms with E-state index < -0.39 is 5.91 Å². The quantitative estimate of drug-likeness (QED) is 0.748. The van der Waals surface area contributed by atoms with Crippen LogP contribution in [-0.2, 0) is 0 Å². The Morgan fingerprint density at radius 3 is 2.58 bits per heavy atom. The van der Waals surface area contributed by atoms with Crippen LogP contribution >= 0.6 is 27.5 Å². The summed E-state index contributed by atoms with van der Waals surface area (Å²) in [4.78, 5) is 11.4. The van der Waals surface area contributed by atoms with E-state index in [1.54, 1.807) is 18.2 Å². The summed E-state index contributed by atoms with van der Waals surface area (Å²) in [5.74, 6) is -0.544. The number of rotatable bonds is 3. The van der Waals surface area contributed by atoms with Crippen molar-refractivity contribution < 1.29 is 4.79 Å². The molecular weight excluding hydrogens is 330 g/mol. The fraction of sp³-hybridized carbons (Fsp3) is 0. The zero-order valence-electron chi connectivity index (χ0n) is 9.78. The highest BCUT2D eigenvalue weighted by Crippen LogP contribution is 2.28. The van der Waals surface area contributed by atoms with Gasteiger partial charge in [0, 0.05) is 15.8 Å². The van der Waals surface area contributed by atoms with Crippen LogP contribution in [0.1, 0.15) is 10.4 Å². The number of amides is 1. The largest absolute Gasteiger partial charge is 0.399 e. The van der Waals surface area contributed by atoms with Crippen LogP contribution in [0, 0.1) is 0 Å². The summed E-state index contributed by atoms with van der Waals surface area (Å²) in [5.41, 5.74) is 13.1. The summed E-state index contributed by atoms with van der Waals surface area (Å²) < 4.78 is 0.798. The second-order valence-electron chi connectivity index (χ2n) is 3.92. The molecule has 5 N–H and O–H groups in total. The number of halogens is 2. The molecule has 0 fully saturated rings. The van der Waals surface area contributed by atoms with Crippen LogP contribution in [0.5, 0.6) is 0 Å². The maximum absolute atomic E-state index is 11.4. The lowest BCUT2D eigenvalue weighted by atomic mass is 10.1. The first kappa shape index (κ1) is 13.7. The predicted molar refractivity (Wildman–Crippen MR) is 81.8 cm³/mol. The summed E-state index contributed by atoms with van der Waals surface area (Å²) in [6.45, 7) is 0. The summed E-state index contributed by atoms with van der Waals surface area (Å²) in [6, 6.07) is 10.3. The summed E-state index contributed by atoms with van der Waals surface area (Å²) in [7, 11) is 0. The predicted octanol–water partition coefficient (Wildman–Crippen LogP) is 3.53. The van der Waals surface area contributed by atoms with Crippen LogP contribution in [0.2, 0.25) is 5.02 Å². The van der Waals surface area contributed by atoms with E-state index >= 15 is 0 Å². The Morgan fingerprint density at radius 1 is 1.21 bits per heavy atom. The van der Waals surface area contributed by atoms with Crippen LogP contribution in [-0.4, -0.2) is 5.91 Å². The zero-order valence-corrected chi connectivity index (χ0v) is 12.1. The molecule has 0 radical (unpaired) electrons. The molecule has 0 atom stereocenters. The molecule has 0 spiro atoms. The summed E-state index contributed by atoms with van der Waals surface area (Å²) >= 11 is 9.32. The van der Waals surface area contributed by atoms with Crippen molar-refractivity contribution in [2.75, 3.05) is 11.1 Å². The number of hydrogen-bond donors (Lipinski definition) is 3. The number of nitrogen functional groups attached to an aromatic ring is 1. The molecule has 2 aromatic carbocycles. The highest BCUT2D eigenvalue weighted by Gasteiger charge is 2.09. The van der Waals surface area contributed by atoms with Crippen LogP contribution < -0.4 is 16.8 Å². The number of primary amides is 1. The van der Waals surface area contributed by atoms with Gasteiger partial charge in [0.05, 0.1) is 16.3 Å². The van der Waals surface area contributed by atoms with Crippen LogP contribution in [0.25, 0.3) is 0 Å². The van der Waals surface area contributed by atoms with E-state index in [0.29, 0.717) is 22.0 Å². The van der Waals surface area contributed by atoms with Gasteiger partial charge < -0.3 is 16.8 Å². The average Bonchev–Trinajstić information content (AvgIpc) is 2.36. The molecule has 2 rings (SSSR count). The molecular formula is C13H11BrClN3O. The van der Waals surface area contributed by atoms with E-state index in [0.717, 1.165) is 10.2 Å². The van der Waals surface area contributed by atoms with Crippen molar-refractivity contribution in [3.8, 4) is 0 Å². The first-order valence-corrected chi connectivity index (χ1v) is 6.56. The number of nitrogens with two attached hydrogens (primary N) is 2. The maximum atomic E-state index is 11.4. The Bertz CT molecular complexity index is 646. The highest BCUT2D eigenvalue weighted by molar-refractivity contribution is 9.10. The number of benzene rings is 2. The fourth-order valence-corrected chi connectivity index (χ4v) is 2.03. The smallest absolute Gasteiger partial charge is 0.250 e. The lowest BCUT2D eigenvalue weighted by Crippen LogP contribution is -2.13. The van der Waals surface area contributed by atoms with Crippen molar-refractivity contribution in [2.45, 2.75) is 0 Å². The Morgan fingerprint density at radius 2 is 1.95 bits per heavy atom. The number of hydrogen-bond acceptors (Lipinski definition) is 3. The molecule has 0 saturated heterocycles. The van der Waals surface area contributed by atoms with Crippen LogP contribution in [0.3, 0.4) is 0 Å². The van der Waals surface area contributed by atoms with Gasteiger partial charge in [-0.25, -0.2) is 0 Å². The fourth-order valence-electron chi connectivity index (χ4n) is 1.60. The SMILES string of the molecule is NC(=O)c1cc(N)ccc1Nc1ccc(Br)c(Cl)c1.